The van der Waals surface area contributed by atoms with Crippen molar-refractivity contribution in [3.8, 4) is 0 Å². The van der Waals surface area contributed by atoms with E-state index in [2.05, 4.69) is 15.3 Å². The molecular formula is C16H13N3O2. The number of rotatable bonds is 3. The average Bonchev–Trinajstić information content (AvgIpc) is 2.49. The topological polar surface area (TPSA) is 75.1 Å². The van der Waals surface area contributed by atoms with Gasteiger partial charge in [-0.1, -0.05) is 18.2 Å². The van der Waals surface area contributed by atoms with Crippen LogP contribution in [0.3, 0.4) is 0 Å². The lowest BCUT2D eigenvalue weighted by atomic mass is 10.1. The van der Waals surface area contributed by atoms with Crippen LogP contribution in [0.15, 0.2) is 48.8 Å². The van der Waals surface area contributed by atoms with Gasteiger partial charge in [-0.25, -0.2) is 9.78 Å². The molecule has 0 radical (unpaired) electrons. The Morgan fingerprint density at radius 2 is 2.00 bits per heavy atom. The quantitative estimate of drug-likeness (QED) is 0.768. The number of para-hydroxylation sites is 1. The summed E-state index contributed by atoms with van der Waals surface area (Å²) >= 11 is 0. The number of aromatic nitrogens is 2. The highest BCUT2D eigenvalue weighted by Gasteiger charge is 2.11. The Hall–Kier alpha value is -2.95. The Kier molecular flexibility index (Phi) is 3.23. The Morgan fingerprint density at radius 3 is 2.76 bits per heavy atom. The number of nitrogens with one attached hydrogen (secondary N) is 1. The number of aromatic carboxylic acids is 1. The maximum absolute atomic E-state index is 11.2. The molecule has 2 heterocycles. The summed E-state index contributed by atoms with van der Waals surface area (Å²) in [4.78, 5) is 19.4. The third kappa shape index (κ3) is 2.53. The van der Waals surface area contributed by atoms with Crippen LogP contribution < -0.4 is 5.32 Å². The van der Waals surface area contributed by atoms with E-state index in [-0.39, 0.29) is 5.69 Å². The predicted octanol–water partition coefficient (Wildman–Crippen LogP) is 3.38. The van der Waals surface area contributed by atoms with Gasteiger partial charge in [0.15, 0.2) is 5.69 Å². The smallest absolute Gasteiger partial charge is 0.354 e. The number of pyridine rings is 2. The van der Waals surface area contributed by atoms with Crippen LogP contribution in [-0.4, -0.2) is 21.0 Å². The summed E-state index contributed by atoms with van der Waals surface area (Å²) in [6, 6.07) is 10.9. The van der Waals surface area contributed by atoms with Crippen LogP contribution >= 0.6 is 0 Å². The van der Waals surface area contributed by atoms with Gasteiger partial charge in [0.1, 0.15) is 0 Å². The van der Waals surface area contributed by atoms with Gasteiger partial charge in [-0.15, -0.1) is 0 Å². The Bertz CT molecular complexity index is 831. The second kappa shape index (κ2) is 5.20. The first-order chi connectivity index (χ1) is 10.1. The summed E-state index contributed by atoms with van der Waals surface area (Å²) in [6.07, 6.45) is 3.43. The summed E-state index contributed by atoms with van der Waals surface area (Å²) < 4.78 is 0. The number of aryl methyl sites for hydroxylation is 1. The lowest BCUT2D eigenvalue weighted by Gasteiger charge is -2.12. The minimum atomic E-state index is -1.05. The molecule has 0 bridgehead atoms. The molecule has 2 aromatic heterocycles. The van der Waals surface area contributed by atoms with E-state index in [4.69, 9.17) is 0 Å². The minimum absolute atomic E-state index is 0.0118. The summed E-state index contributed by atoms with van der Waals surface area (Å²) in [5.74, 6) is -1.05. The maximum Gasteiger partial charge on any atom is 0.354 e. The van der Waals surface area contributed by atoms with Gasteiger partial charge >= 0.3 is 5.97 Å². The standard InChI is InChI=1S/C16H13N3O2/c1-10-6-7-17-9-15(10)19-13-8-14(16(20)21)18-12-5-3-2-4-11(12)13/h2-9H,1H3,(H,18,19)(H,20,21). The zero-order valence-electron chi connectivity index (χ0n) is 11.4. The second-order valence-corrected chi connectivity index (χ2v) is 4.69. The molecule has 104 valence electrons. The van der Waals surface area contributed by atoms with Crippen LogP contribution in [0.2, 0.25) is 0 Å². The van der Waals surface area contributed by atoms with Crippen LogP contribution in [0.25, 0.3) is 10.9 Å². The molecule has 0 aliphatic heterocycles. The zero-order chi connectivity index (χ0) is 14.8. The lowest BCUT2D eigenvalue weighted by molar-refractivity contribution is 0.0691. The molecule has 0 saturated heterocycles. The number of hydrogen-bond acceptors (Lipinski definition) is 4. The SMILES string of the molecule is Cc1ccncc1Nc1cc(C(=O)O)nc2ccccc12. The zero-order valence-corrected chi connectivity index (χ0v) is 11.4. The number of fused-ring (bicyclic) bond motifs is 1. The third-order valence-electron chi connectivity index (χ3n) is 3.24. The van der Waals surface area contributed by atoms with Crippen molar-refractivity contribution >= 4 is 28.2 Å². The first-order valence-electron chi connectivity index (χ1n) is 6.46. The molecule has 0 aliphatic carbocycles. The molecule has 0 aliphatic rings. The molecular weight excluding hydrogens is 266 g/mol. The summed E-state index contributed by atoms with van der Waals surface area (Å²) in [6.45, 7) is 1.96. The fourth-order valence-electron chi connectivity index (χ4n) is 2.13. The fraction of sp³-hybridized carbons (Fsp3) is 0.0625. The highest BCUT2D eigenvalue weighted by atomic mass is 16.4. The van der Waals surface area contributed by atoms with Gasteiger partial charge in [-0.3, -0.25) is 4.98 Å². The van der Waals surface area contributed by atoms with Crippen LogP contribution in [-0.2, 0) is 0 Å². The number of nitrogens with zero attached hydrogens (tertiary/aromatic N) is 2. The summed E-state index contributed by atoms with van der Waals surface area (Å²) in [5.41, 5.74) is 3.22. The van der Waals surface area contributed by atoms with E-state index in [1.807, 2.05) is 31.2 Å². The molecule has 0 saturated carbocycles. The largest absolute Gasteiger partial charge is 0.477 e. The number of carbonyl (C=O) groups is 1. The average molecular weight is 279 g/mol. The molecule has 0 spiro atoms. The van der Waals surface area contributed by atoms with Crippen molar-refractivity contribution < 1.29 is 9.90 Å². The number of carboxylic acid groups (broad SMARTS) is 1. The highest BCUT2D eigenvalue weighted by Crippen LogP contribution is 2.27. The van der Waals surface area contributed by atoms with E-state index < -0.39 is 5.97 Å². The van der Waals surface area contributed by atoms with E-state index >= 15 is 0 Å². The van der Waals surface area contributed by atoms with Gasteiger partial charge in [-0.2, -0.15) is 0 Å². The molecule has 5 nitrogen and oxygen atoms in total. The van der Waals surface area contributed by atoms with E-state index in [1.165, 1.54) is 6.07 Å². The number of hydrogen-bond donors (Lipinski definition) is 2. The Morgan fingerprint density at radius 1 is 1.19 bits per heavy atom. The van der Waals surface area contributed by atoms with Crippen molar-refractivity contribution in [3.63, 3.8) is 0 Å². The molecule has 0 unspecified atom stereocenters. The van der Waals surface area contributed by atoms with Gasteiger partial charge in [-0.05, 0) is 30.7 Å². The van der Waals surface area contributed by atoms with Crippen LogP contribution in [0.5, 0.6) is 0 Å². The van der Waals surface area contributed by atoms with Gasteiger partial charge in [0.05, 0.1) is 23.1 Å². The summed E-state index contributed by atoms with van der Waals surface area (Å²) in [5, 5.41) is 13.3. The fourth-order valence-corrected chi connectivity index (χ4v) is 2.13. The van der Waals surface area contributed by atoms with Crippen LogP contribution in [0, 0.1) is 6.92 Å². The molecule has 3 aromatic rings. The first kappa shape index (κ1) is 13.1. The van der Waals surface area contributed by atoms with E-state index in [9.17, 15) is 9.90 Å². The number of carboxylic acids is 1. The Balaban J connectivity index is 2.16. The molecule has 5 heteroatoms. The Labute approximate surface area is 121 Å². The lowest BCUT2D eigenvalue weighted by Crippen LogP contribution is -2.03. The van der Waals surface area contributed by atoms with Crippen molar-refractivity contribution in [3.05, 3.63) is 60.0 Å². The molecule has 0 fully saturated rings. The highest BCUT2D eigenvalue weighted by molar-refractivity contribution is 5.98. The van der Waals surface area contributed by atoms with Crippen LogP contribution in [0.4, 0.5) is 11.4 Å². The maximum atomic E-state index is 11.2. The van der Waals surface area contributed by atoms with E-state index in [1.54, 1.807) is 18.5 Å². The van der Waals surface area contributed by atoms with E-state index in [0.717, 1.165) is 16.6 Å². The van der Waals surface area contributed by atoms with Crippen LogP contribution in [0.1, 0.15) is 16.1 Å². The van der Waals surface area contributed by atoms with Gasteiger partial charge in [0.2, 0.25) is 0 Å². The number of benzene rings is 1. The molecule has 3 rings (SSSR count). The third-order valence-corrected chi connectivity index (χ3v) is 3.24. The van der Waals surface area contributed by atoms with Crippen molar-refractivity contribution in [2.45, 2.75) is 6.92 Å². The van der Waals surface area contributed by atoms with Crippen molar-refractivity contribution in [2.24, 2.45) is 0 Å². The molecule has 21 heavy (non-hydrogen) atoms. The van der Waals surface area contributed by atoms with Gasteiger partial charge < -0.3 is 10.4 Å². The monoisotopic (exact) mass is 279 g/mol. The van der Waals surface area contributed by atoms with Crippen molar-refractivity contribution in [1.29, 1.82) is 0 Å². The minimum Gasteiger partial charge on any atom is -0.477 e. The second-order valence-electron chi connectivity index (χ2n) is 4.69. The molecule has 2 N–H and O–H groups in total. The molecule has 0 amide bonds. The summed E-state index contributed by atoms with van der Waals surface area (Å²) in [7, 11) is 0. The van der Waals surface area contributed by atoms with Gasteiger partial charge in [0, 0.05) is 11.6 Å². The number of anilines is 2. The van der Waals surface area contributed by atoms with Crippen molar-refractivity contribution in [2.75, 3.05) is 5.32 Å². The molecule has 1 aromatic carbocycles. The van der Waals surface area contributed by atoms with Crippen molar-refractivity contribution in [1.82, 2.24) is 9.97 Å². The van der Waals surface area contributed by atoms with E-state index in [0.29, 0.717) is 11.2 Å². The molecule has 0 atom stereocenters. The van der Waals surface area contributed by atoms with Gasteiger partial charge in [0.25, 0.3) is 0 Å². The normalized spacial score (nSPS) is 10.5. The first-order valence-corrected chi connectivity index (χ1v) is 6.46. The predicted molar refractivity (Wildman–Crippen MR) is 81.0 cm³/mol.